The Labute approximate surface area is 96.1 Å². The second-order valence-corrected chi connectivity index (χ2v) is 6.83. The fourth-order valence-corrected chi connectivity index (χ4v) is 4.85. The van der Waals surface area contributed by atoms with Crippen molar-refractivity contribution in [1.82, 2.24) is 0 Å². The molecular formula is C11H14O2S2. The quantitative estimate of drug-likeness (QED) is 0.756. The van der Waals surface area contributed by atoms with E-state index in [0.717, 1.165) is 24.2 Å². The van der Waals surface area contributed by atoms with Gasteiger partial charge in [-0.05, 0) is 25.3 Å². The summed E-state index contributed by atoms with van der Waals surface area (Å²) in [5.74, 6) is 0.661. The zero-order valence-corrected chi connectivity index (χ0v) is 10.4. The SMILES string of the molecule is CCc1cc2c(s1)C1(CC1)OCCS2=O. The lowest BCUT2D eigenvalue weighted by Gasteiger charge is -2.11. The van der Waals surface area contributed by atoms with E-state index in [1.807, 2.05) is 0 Å². The van der Waals surface area contributed by atoms with Crippen LogP contribution in [0.4, 0.5) is 0 Å². The largest absolute Gasteiger partial charge is 0.368 e. The molecule has 1 atom stereocenters. The molecule has 4 heteroatoms. The third-order valence-electron chi connectivity index (χ3n) is 3.11. The molecule has 0 N–H and O–H groups in total. The van der Waals surface area contributed by atoms with Crippen LogP contribution in [0, 0.1) is 0 Å². The molecule has 2 heterocycles. The van der Waals surface area contributed by atoms with E-state index in [0.29, 0.717) is 12.4 Å². The molecular weight excluding hydrogens is 228 g/mol. The summed E-state index contributed by atoms with van der Waals surface area (Å²) >= 11 is 1.80. The average molecular weight is 242 g/mol. The fraction of sp³-hybridized carbons (Fsp3) is 0.636. The average Bonchev–Trinajstić information content (AvgIpc) is 2.91. The van der Waals surface area contributed by atoms with Crippen molar-refractivity contribution in [2.45, 2.75) is 36.7 Å². The van der Waals surface area contributed by atoms with Crippen LogP contribution in [0.5, 0.6) is 0 Å². The maximum Gasteiger partial charge on any atom is 0.104 e. The van der Waals surface area contributed by atoms with E-state index in [-0.39, 0.29) is 5.60 Å². The van der Waals surface area contributed by atoms with Crippen LogP contribution in [0.1, 0.15) is 29.5 Å². The van der Waals surface area contributed by atoms with Crippen LogP contribution in [0.3, 0.4) is 0 Å². The van der Waals surface area contributed by atoms with Crippen LogP contribution in [0.15, 0.2) is 11.0 Å². The van der Waals surface area contributed by atoms with Gasteiger partial charge in [0.25, 0.3) is 0 Å². The lowest BCUT2D eigenvalue weighted by Crippen LogP contribution is -2.10. The first kappa shape index (κ1) is 10.00. The first-order valence-corrected chi connectivity index (χ1v) is 7.54. The summed E-state index contributed by atoms with van der Waals surface area (Å²) in [4.78, 5) is 3.66. The topological polar surface area (TPSA) is 26.3 Å². The molecule has 0 bridgehead atoms. The number of thiophene rings is 1. The van der Waals surface area contributed by atoms with Crippen molar-refractivity contribution in [3.05, 3.63) is 15.8 Å². The summed E-state index contributed by atoms with van der Waals surface area (Å²) in [7, 11) is -0.834. The van der Waals surface area contributed by atoms with Crippen molar-refractivity contribution in [2.75, 3.05) is 12.4 Å². The molecule has 1 aromatic heterocycles. The summed E-state index contributed by atoms with van der Waals surface area (Å²) in [6.07, 6.45) is 3.26. The van der Waals surface area contributed by atoms with Gasteiger partial charge in [-0.2, -0.15) is 0 Å². The summed E-state index contributed by atoms with van der Waals surface area (Å²) in [6, 6.07) is 2.13. The number of hydrogen-bond acceptors (Lipinski definition) is 3. The zero-order valence-electron chi connectivity index (χ0n) is 8.75. The summed E-state index contributed by atoms with van der Waals surface area (Å²) in [5, 5.41) is 0. The van der Waals surface area contributed by atoms with Gasteiger partial charge in [0.2, 0.25) is 0 Å². The summed E-state index contributed by atoms with van der Waals surface area (Å²) in [5.41, 5.74) is -0.0282. The number of aryl methyl sites for hydroxylation is 1. The van der Waals surface area contributed by atoms with E-state index in [1.54, 1.807) is 11.3 Å². The lowest BCUT2D eigenvalue weighted by atomic mass is 10.2. The van der Waals surface area contributed by atoms with Gasteiger partial charge in [0.1, 0.15) is 5.60 Å². The molecule has 2 aliphatic rings. The molecule has 15 heavy (non-hydrogen) atoms. The minimum Gasteiger partial charge on any atom is -0.368 e. The van der Waals surface area contributed by atoms with Crippen LogP contribution in [0.25, 0.3) is 0 Å². The Bertz CT molecular complexity index is 418. The lowest BCUT2D eigenvalue weighted by molar-refractivity contribution is 0.0442. The van der Waals surface area contributed by atoms with Crippen LogP contribution < -0.4 is 0 Å². The molecule has 1 aromatic rings. The molecule has 0 amide bonds. The molecule has 1 fully saturated rings. The predicted octanol–water partition coefficient (Wildman–Crippen LogP) is 2.44. The van der Waals surface area contributed by atoms with Gasteiger partial charge in [0.05, 0.1) is 32.9 Å². The van der Waals surface area contributed by atoms with Crippen LogP contribution in [-0.2, 0) is 27.6 Å². The molecule has 1 aliphatic heterocycles. The van der Waals surface area contributed by atoms with Crippen LogP contribution in [-0.4, -0.2) is 16.6 Å². The Kier molecular flexibility index (Phi) is 2.27. The Balaban J connectivity index is 2.12. The molecule has 0 aromatic carbocycles. The zero-order chi connectivity index (χ0) is 10.5. The van der Waals surface area contributed by atoms with Crippen molar-refractivity contribution in [3.8, 4) is 0 Å². The van der Waals surface area contributed by atoms with Gasteiger partial charge in [-0.3, -0.25) is 4.21 Å². The molecule has 82 valence electrons. The highest BCUT2D eigenvalue weighted by molar-refractivity contribution is 7.85. The van der Waals surface area contributed by atoms with E-state index in [4.69, 9.17) is 4.74 Å². The first-order valence-electron chi connectivity index (χ1n) is 5.41. The molecule has 1 unspecified atom stereocenters. The Morgan fingerprint density at radius 3 is 3.07 bits per heavy atom. The maximum absolute atomic E-state index is 12.0. The van der Waals surface area contributed by atoms with Crippen molar-refractivity contribution in [2.24, 2.45) is 0 Å². The van der Waals surface area contributed by atoms with Gasteiger partial charge in [0.15, 0.2) is 0 Å². The van der Waals surface area contributed by atoms with E-state index in [9.17, 15) is 4.21 Å². The highest BCUT2D eigenvalue weighted by Gasteiger charge is 2.50. The van der Waals surface area contributed by atoms with Crippen molar-refractivity contribution in [1.29, 1.82) is 0 Å². The smallest absolute Gasteiger partial charge is 0.104 e. The summed E-state index contributed by atoms with van der Waals surface area (Å²) < 4.78 is 17.9. The minimum absolute atomic E-state index is 0.0282. The normalized spacial score (nSPS) is 27.4. The maximum atomic E-state index is 12.0. The van der Waals surface area contributed by atoms with Gasteiger partial charge >= 0.3 is 0 Å². The first-order chi connectivity index (χ1) is 7.25. The molecule has 0 saturated heterocycles. The molecule has 2 nitrogen and oxygen atoms in total. The standard InChI is InChI=1S/C11H14O2S2/c1-2-8-7-9-10(14-8)11(3-4-11)13-5-6-15(9)12/h7H,2-6H2,1H3. The molecule has 1 spiro atoms. The Morgan fingerprint density at radius 1 is 1.60 bits per heavy atom. The van der Waals surface area contributed by atoms with Gasteiger partial charge < -0.3 is 4.74 Å². The number of rotatable bonds is 1. The van der Waals surface area contributed by atoms with Crippen molar-refractivity contribution in [3.63, 3.8) is 0 Å². The molecule has 1 aliphatic carbocycles. The van der Waals surface area contributed by atoms with Gasteiger partial charge in [-0.1, -0.05) is 6.92 Å². The number of fused-ring (bicyclic) bond motifs is 2. The van der Waals surface area contributed by atoms with E-state index in [2.05, 4.69) is 13.0 Å². The van der Waals surface area contributed by atoms with Gasteiger partial charge in [0, 0.05) is 4.88 Å². The number of hydrogen-bond donors (Lipinski definition) is 0. The van der Waals surface area contributed by atoms with E-state index >= 15 is 0 Å². The van der Waals surface area contributed by atoms with Crippen molar-refractivity contribution < 1.29 is 8.95 Å². The van der Waals surface area contributed by atoms with E-state index in [1.165, 1.54) is 9.75 Å². The number of ether oxygens (including phenoxy) is 1. The monoisotopic (exact) mass is 242 g/mol. The van der Waals surface area contributed by atoms with Gasteiger partial charge in [-0.15, -0.1) is 11.3 Å². The molecule has 3 rings (SSSR count). The molecule has 0 radical (unpaired) electrons. The highest BCUT2D eigenvalue weighted by Crippen LogP contribution is 2.54. The fourth-order valence-electron chi connectivity index (χ4n) is 2.06. The third kappa shape index (κ3) is 1.50. The third-order valence-corrected chi connectivity index (χ3v) is 6.05. The highest BCUT2D eigenvalue weighted by atomic mass is 32.2. The summed E-state index contributed by atoms with van der Waals surface area (Å²) in [6.45, 7) is 2.80. The van der Waals surface area contributed by atoms with E-state index < -0.39 is 10.8 Å². The minimum atomic E-state index is -0.834. The second-order valence-electron chi connectivity index (χ2n) is 4.15. The second kappa shape index (κ2) is 3.40. The molecule has 1 saturated carbocycles. The Morgan fingerprint density at radius 2 is 2.40 bits per heavy atom. The van der Waals surface area contributed by atoms with Crippen molar-refractivity contribution >= 4 is 22.1 Å². The van der Waals surface area contributed by atoms with Gasteiger partial charge in [-0.25, -0.2) is 0 Å². The predicted molar refractivity (Wildman–Crippen MR) is 61.8 cm³/mol. The van der Waals surface area contributed by atoms with Crippen LogP contribution in [0.2, 0.25) is 0 Å². The van der Waals surface area contributed by atoms with Crippen LogP contribution >= 0.6 is 11.3 Å². The Hall–Kier alpha value is -0.190.